The Kier molecular flexibility index (Phi) is 5.09. The zero-order valence-corrected chi connectivity index (χ0v) is 15.5. The number of hydrogen-bond acceptors (Lipinski definition) is 4. The van der Waals surface area contributed by atoms with E-state index < -0.39 is 0 Å². The van der Waals surface area contributed by atoms with Crippen molar-refractivity contribution in [2.75, 3.05) is 10.6 Å². The van der Waals surface area contributed by atoms with E-state index in [-0.39, 0.29) is 11.6 Å². The summed E-state index contributed by atoms with van der Waals surface area (Å²) in [6, 6.07) is 13.6. The second-order valence-corrected chi connectivity index (χ2v) is 6.57. The average molecular weight is 397 g/mol. The van der Waals surface area contributed by atoms with Gasteiger partial charge in [-0.3, -0.25) is 4.79 Å². The molecule has 0 saturated heterocycles. The van der Waals surface area contributed by atoms with Crippen LogP contribution in [0.25, 0.3) is 0 Å². The standard InChI is InChI=1S/C19H17BrN4O/c1-12-3-6-14(7-4-12)23-19(25)17-10-22-18(11-21-17)24-16-8-5-13(2)9-15(16)20/h3-11H,1-2H3,(H,22,24)(H,23,25). The van der Waals surface area contributed by atoms with E-state index >= 15 is 0 Å². The van der Waals surface area contributed by atoms with Crippen molar-refractivity contribution < 1.29 is 4.79 Å². The number of rotatable bonds is 4. The second-order valence-electron chi connectivity index (χ2n) is 5.72. The van der Waals surface area contributed by atoms with Gasteiger partial charge >= 0.3 is 0 Å². The van der Waals surface area contributed by atoms with Gasteiger partial charge in [-0.1, -0.05) is 23.8 Å². The topological polar surface area (TPSA) is 66.9 Å². The van der Waals surface area contributed by atoms with Gasteiger partial charge in [-0.25, -0.2) is 9.97 Å². The molecule has 3 rings (SSSR count). The first-order valence-corrected chi connectivity index (χ1v) is 8.54. The van der Waals surface area contributed by atoms with Crippen LogP contribution in [0.1, 0.15) is 21.6 Å². The number of benzene rings is 2. The van der Waals surface area contributed by atoms with Crippen LogP contribution in [0.3, 0.4) is 0 Å². The quantitative estimate of drug-likeness (QED) is 0.661. The molecule has 0 unspecified atom stereocenters. The molecule has 0 spiro atoms. The van der Waals surface area contributed by atoms with Crippen LogP contribution in [-0.4, -0.2) is 15.9 Å². The van der Waals surface area contributed by atoms with Gasteiger partial charge in [0.15, 0.2) is 0 Å². The van der Waals surface area contributed by atoms with Gasteiger partial charge in [-0.2, -0.15) is 0 Å². The molecule has 0 aliphatic rings. The van der Waals surface area contributed by atoms with E-state index in [2.05, 4.69) is 36.5 Å². The zero-order chi connectivity index (χ0) is 17.8. The molecule has 1 heterocycles. The Hall–Kier alpha value is -2.73. The SMILES string of the molecule is Cc1ccc(NC(=O)c2cnc(Nc3ccc(C)cc3Br)cn2)cc1. The lowest BCUT2D eigenvalue weighted by atomic mass is 10.2. The number of carbonyl (C=O) groups excluding carboxylic acids is 1. The zero-order valence-electron chi connectivity index (χ0n) is 13.9. The Labute approximate surface area is 154 Å². The van der Waals surface area contributed by atoms with E-state index in [0.29, 0.717) is 5.82 Å². The van der Waals surface area contributed by atoms with Gasteiger partial charge < -0.3 is 10.6 Å². The van der Waals surface area contributed by atoms with E-state index in [4.69, 9.17) is 0 Å². The molecule has 1 amide bonds. The van der Waals surface area contributed by atoms with Gasteiger partial charge in [-0.15, -0.1) is 0 Å². The number of hydrogen-bond donors (Lipinski definition) is 2. The highest BCUT2D eigenvalue weighted by atomic mass is 79.9. The smallest absolute Gasteiger partial charge is 0.275 e. The lowest BCUT2D eigenvalue weighted by Crippen LogP contribution is -2.14. The maximum atomic E-state index is 12.2. The molecule has 0 atom stereocenters. The number of aryl methyl sites for hydroxylation is 2. The maximum Gasteiger partial charge on any atom is 0.275 e. The van der Waals surface area contributed by atoms with Gasteiger partial charge in [0, 0.05) is 10.2 Å². The lowest BCUT2D eigenvalue weighted by Gasteiger charge is -2.09. The summed E-state index contributed by atoms with van der Waals surface area (Å²) >= 11 is 3.51. The van der Waals surface area contributed by atoms with Crippen molar-refractivity contribution in [2.45, 2.75) is 13.8 Å². The normalized spacial score (nSPS) is 10.4. The fraction of sp³-hybridized carbons (Fsp3) is 0.105. The van der Waals surface area contributed by atoms with Crippen molar-refractivity contribution in [1.82, 2.24) is 9.97 Å². The maximum absolute atomic E-state index is 12.2. The highest BCUT2D eigenvalue weighted by Gasteiger charge is 2.09. The summed E-state index contributed by atoms with van der Waals surface area (Å²) in [6.07, 6.45) is 2.99. The summed E-state index contributed by atoms with van der Waals surface area (Å²) in [5.41, 5.74) is 4.16. The number of anilines is 3. The number of carbonyl (C=O) groups is 1. The Morgan fingerprint density at radius 2 is 1.68 bits per heavy atom. The Morgan fingerprint density at radius 3 is 2.32 bits per heavy atom. The number of halogens is 1. The van der Waals surface area contributed by atoms with Crippen LogP contribution in [-0.2, 0) is 0 Å². The van der Waals surface area contributed by atoms with Crippen LogP contribution in [0, 0.1) is 13.8 Å². The van der Waals surface area contributed by atoms with E-state index in [1.165, 1.54) is 12.4 Å². The molecule has 0 radical (unpaired) electrons. The average Bonchev–Trinajstić information content (AvgIpc) is 2.60. The van der Waals surface area contributed by atoms with Crippen LogP contribution in [0.4, 0.5) is 17.2 Å². The monoisotopic (exact) mass is 396 g/mol. The minimum atomic E-state index is -0.292. The predicted octanol–water partition coefficient (Wildman–Crippen LogP) is 4.85. The summed E-state index contributed by atoms with van der Waals surface area (Å²) in [7, 11) is 0. The van der Waals surface area contributed by atoms with Crippen molar-refractivity contribution in [3.05, 3.63) is 76.2 Å². The van der Waals surface area contributed by atoms with Crippen LogP contribution >= 0.6 is 15.9 Å². The van der Waals surface area contributed by atoms with Gasteiger partial charge in [0.25, 0.3) is 5.91 Å². The molecule has 1 aromatic heterocycles. The first kappa shape index (κ1) is 17.1. The molecule has 126 valence electrons. The van der Waals surface area contributed by atoms with Crippen LogP contribution in [0.2, 0.25) is 0 Å². The number of amides is 1. The first-order chi connectivity index (χ1) is 12.0. The largest absolute Gasteiger partial charge is 0.338 e. The van der Waals surface area contributed by atoms with Crippen molar-refractivity contribution in [3.8, 4) is 0 Å². The van der Waals surface area contributed by atoms with Crippen LogP contribution in [0.5, 0.6) is 0 Å². The van der Waals surface area contributed by atoms with Crippen molar-refractivity contribution in [2.24, 2.45) is 0 Å². The van der Waals surface area contributed by atoms with Crippen molar-refractivity contribution in [3.63, 3.8) is 0 Å². The first-order valence-electron chi connectivity index (χ1n) is 7.74. The number of nitrogens with zero attached hydrogens (tertiary/aromatic N) is 2. The minimum Gasteiger partial charge on any atom is -0.338 e. The molecule has 3 aromatic rings. The van der Waals surface area contributed by atoms with E-state index in [0.717, 1.165) is 27.0 Å². The van der Waals surface area contributed by atoms with Crippen LogP contribution < -0.4 is 10.6 Å². The molecule has 0 fully saturated rings. The highest BCUT2D eigenvalue weighted by molar-refractivity contribution is 9.10. The Morgan fingerprint density at radius 1 is 0.960 bits per heavy atom. The van der Waals surface area contributed by atoms with Gasteiger partial charge in [0.1, 0.15) is 11.5 Å². The molecule has 0 aliphatic heterocycles. The second kappa shape index (κ2) is 7.44. The van der Waals surface area contributed by atoms with Crippen LogP contribution in [0.15, 0.2) is 59.3 Å². The third-order valence-electron chi connectivity index (χ3n) is 3.58. The summed E-state index contributed by atoms with van der Waals surface area (Å²) in [4.78, 5) is 20.7. The summed E-state index contributed by atoms with van der Waals surface area (Å²) < 4.78 is 0.940. The molecule has 0 saturated carbocycles. The van der Waals surface area contributed by atoms with E-state index in [9.17, 15) is 4.79 Å². The molecular formula is C19H17BrN4O. The summed E-state index contributed by atoms with van der Waals surface area (Å²) in [5.74, 6) is 0.274. The third kappa shape index (κ3) is 4.42. The van der Waals surface area contributed by atoms with Gasteiger partial charge in [0.05, 0.1) is 18.1 Å². The molecule has 5 nitrogen and oxygen atoms in total. The fourth-order valence-electron chi connectivity index (χ4n) is 2.20. The number of aromatic nitrogens is 2. The Bertz CT molecular complexity index is 892. The van der Waals surface area contributed by atoms with Crippen molar-refractivity contribution in [1.29, 1.82) is 0 Å². The van der Waals surface area contributed by atoms with Crippen molar-refractivity contribution >= 4 is 39.0 Å². The molecule has 2 N–H and O–H groups in total. The van der Waals surface area contributed by atoms with E-state index in [1.54, 1.807) is 0 Å². The lowest BCUT2D eigenvalue weighted by molar-refractivity contribution is 0.102. The third-order valence-corrected chi connectivity index (χ3v) is 4.24. The summed E-state index contributed by atoms with van der Waals surface area (Å²) in [6.45, 7) is 4.02. The van der Waals surface area contributed by atoms with Gasteiger partial charge in [-0.05, 0) is 59.6 Å². The van der Waals surface area contributed by atoms with E-state index in [1.807, 2.05) is 56.3 Å². The molecular weight excluding hydrogens is 380 g/mol. The highest BCUT2D eigenvalue weighted by Crippen LogP contribution is 2.25. The summed E-state index contributed by atoms with van der Waals surface area (Å²) in [5, 5.41) is 5.97. The molecule has 6 heteroatoms. The molecule has 0 bridgehead atoms. The number of nitrogens with one attached hydrogen (secondary N) is 2. The Balaban J connectivity index is 1.69. The minimum absolute atomic E-state index is 0.258. The molecule has 25 heavy (non-hydrogen) atoms. The predicted molar refractivity (Wildman–Crippen MR) is 103 cm³/mol. The van der Waals surface area contributed by atoms with Gasteiger partial charge in [0.2, 0.25) is 0 Å². The molecule has 2 aromatic carbocycles. The molecule has 0 aliphatic carbocycles. The fourth-order valence-corrected chi connectivity index (χ4v) is 2.79.